The van der Waals surface area contributed by atoms with E-state index in [-0.39, 0.29) is 4.90 Å². The van der Waals surface area contributed by atoms with E-state index < -0.39 is 10.0 Å². The zero-order valence-electron chi connectivity index (χ0n) is 10.9. The number of nitrogens with zero attached hydrogens (tertiary/aromatic N) is 2. The lowest BCUT2D eigenvalue weighted by Gasteiger charge is -2.09. The molecule has 0 spiro atoms. The Labute approximate surface area is 126 Å². The van der Waals surface area contributed by atoms with Crippen molar-refractivity contribution < 1.29 is 8.42 Å². The monoisotopic (exact) mass is 320 g/mol. The Kier molecular flexibility index (Phi) is 3.58. The van der Waals surface area contributed by atoms with Crippen LogP contribution in [0.2, 0.25) is 0 Å². The summed E-state index contributed by atoms with van der Waals surface area (Å²) in [5, 5.41) is 0. The molecule has 0 aliphatic rings. The van der Waals surface area contributed by atoms with Gasteiger partial charge >= 0.3 is 0 Å². The first-order valence-electron chi connectivity index (χ1n) is 6.13. The third-order valence-electron chi connectivity index (χ3n) is 2.95. The highest BCUT2D eigenvalue weighted by Crippen LogP contribution is 2.23. The van der Waals surface area contributed by atoms with Gasteiger partial charge in [-0.1, -0.05) is 18.2 Å². The summed E-state index contributed by atoms with van der Waals surface area (Å²) < 4.78 is 35.7. The highest BCUT2D eigenvalue weighted by molar-refractivity contribution is 7.93. The molecule has 2 aromatic carbocycles. The number of fused-ring (bicyclic) bond motifs is 1. The van der Waals surface area contributed by atoms with Gasteiger partial charge in [0.25, 0.3) is 10.0 Å². The van der Waals surface area contributed by atoms with Gasteiger partial charge in [-0.05, 0) is 29.8 Å². The van der Waals surface area contributed by atoms with Crippen LogP contribution in [0.5, 0.6) is 0 Å². The Morgan fingerprint density at radius 1 is 1.14 bits per heavy atom. The van der Waals surface area contributed by atoms with Crippen molar-refractivity contribution in [1.29, 1.82) is 0 Å². The predicted octanol–water partition coefficient (Wildman–Crippen LogP) is 1.95. The lowest BCUT2D eigenvalue weighted by Crippen LogP contribution is -2.13. The number of hydrogen-bond donors (Lipinski definition) is 2. The fourth-order valence-corrected chi connectivity index (χ4v) is 3.79. The van der Waals surface area contributed by atoms with Gasteiger partial charge in [-0.25, -0.2) is 8.42 Å². The minimum Gasteiger partial charge on any atom is -0.326 e. The highest BCUT2D eigenvalue weighted by Gasteiger charge is 2.19. The number of nitrogens with one attached hydrogen (secondary N) is 1. The van der Waals surface area contributed by atoms with Gasteiger partial charge in [0.1, 0.15) is 15.9 Å². The highest BCUT2D eigenvalue weighted by atomic mass is 32.2. The molecule has 8 heteroatoms. The summed E-state index contributed by atoms with van der Waals surface area (Å²) in [6.07, 6.45) is 0. The minimum atomic E-state index is -3.72. The number of anilines is 1. The second-order valence-electron chi connectivity index (χ2n) is 4.40. The second-order valence-corrected chi connectivity index (χ2v) is 6.58. The van der Waals surface area contributed by atoms with Crippen molar-refractivity contribution in [2.45, 2.75) is 11.4 Å². The fourth-order valence-electron chi connectivity index (χ4n) is 1.97. The SMILES string of the molecule is NCc1cccc(NS(=O)(=O)c2cccc3nsnc23)c1. The molecule has 0 fully saturated rings. The van der Waals surface area contributed by atoms with Crippen molar-refractivity contribution in [3.05, 3.63) is 48.0 Å². The van der Waals surface area contributed by atoms with E-state index in [9.17, 15) is 8.42 Å². The smallest absolute Gasteiger partial charge is 0.264 e. The average Bonchev–Trinajstić information content (AvgIpc) is 2.95. The van der Waals surface area contributed by atoms with Crippen molar-refractivity contribution >= 4 is 38.5 Å². The average molecular weight is 320 g/mol. The summed E-state index contributed by atoms with van der Waals surface area (Å²) in [4.78, 5) is 0.118. The molecule has 1 aromatic heterocycles. The van der Waals surface area contributed by atoms with Crippen LogP contribution in [0.15, 0.2) is 47.4 Å². The summed E-state index contributed by atoms with van der Waals surface area (Å²) >= 11 is 0.987. The molecule has 0 saturated heterocycles. The molecule has 0 aliphatic carbocycles. The lowest BCUT2D eigenvalue weighted by atomic mass is 10.2. The first-order chi connectivity index (χ1) is 10.1. The predicted molar refractivity (Wildman–Crippen MR) is 82.6 cm³/mol. The standard InChI is InChI=1S/C13H12N4O2S2/c14-8-9-3-1-4-10(7-9)17-21(18,19)12-6-2-5-11-13(12)16-20-15-11/h1-7,17H,8,14H2. The van der Waals surface area contributed by atoms with Crippen molar-refractivity contribution in [1.82, 2.24) is 8.75 Å². The van der Waals surface area contributed by atoms with Crippen LogP contribution < -0.4 is 10.5 Å². The van der Waals surface area contributed by atoms with E-state index >= 15 is 0 Å². The van der Waals surface area contributed by atoms with Crippen LogP contribution in [0, 0.1) is 0 Å². The number of rotatable bonds is 4. The van der Waals surface area contributed by atoms with E-state index in [0.717, 1.165) is 17.3 Å². The molecular weight excluding hydrogens is 308 g/mol. The molecule has 6 nitrogen and oxygen atoms in total. The largest absolute Gasteiger partial charge is 0.326 e. The zero-order chi connectivity index (χ0) is 14.9. The Balaban J connectivity index is 2.02. The van der Waals surface area contributed by atoms with E-state index in [1.54, 1.807) is 30.3 Å². The summed E-state index contributed by atoms with van der Waals surface area (Å²) in [5.74, 6) is 0. The molecule has 3 rings (SSSR count). The van der Waals surface area contributed by atoms with Crippen LogP contribution >= 0.6 is 11.7 Å². The van der Waals surface area contributed by atoms with Gasteiger partial charge in [0, 0.05) is 12.2 Å². The van der Waals surface area contributed by atoms with Crippen LogP contribution in [0.4, 0.5) is 5.69 Å². The molecule has 0 aliphatic heterocycles. The van der Waals surface area contributed by atoms with E-state index in [0.29, 0.717) is 23.3 Å². The summed E-state index contributed by atoms with van der Waals surface area (Å²) in [7, 11) is -3.72. The van der Waals surface area contributed by atoms with Gasteiger partial charge in [-0.2, -0.15) is 8.75 Å². The third-order valence-corrected chi connectivity index (χ3v) is 4.91. The van der Waals surface area contributed by atoms with Gasteiger partial charge in [-0.3, -0.25) is 4.72 Å². The van der Waals surface area contributed by atoms with Crippen LogP contribution in [-0.2, 0) is 16.6 Å². The van der Waals surface area contributed by atoms with Crippen LogP contribution in [-0.4, -0.2) is 17.2 Å². The van der Waals surface area contributed by atoms with Crippen LogP contribution in [0.3, 0.4) is 0 Å². The van der Waals surface area contributed by atoms with E-state index in [4.69, 9.17) is 5.73 Å². The quantitative estimate of drug-likeness (QED) is 0.765. The molecule has 1 heterocycles. The fraction of sp³-hybridized carbons (Fsp3) is 0.0769. The third kappa shape index (κ3) is 2.73. The summed E-state index contributed by atoms with van der Waals surface area (Å²) in [6, 6.07) is 11.9. The van der Waals surface area contributed by atoms with Crippen molar-refractivity contribution in [2.75, 3.05) is 4.72 Å². The van der Waals surface area contributed by atoms with Gasteiger partial charge in [0.2, 0.25) is 0 Å². The molecule has 0 unspecified atom stereocenters. The number of nitrogens with two attached hydrogens (primary N) is 1. The van der Waals surface area contributed by atoms with E-state index in [1.165, 1.54) is 6.07 Å². The molecule has 0 bridgehead atoms. The Morgan fingerprint density at radius 3 is 2.76 bits per heavy atom. The molecule has 3 N–H and O–H groups in total. The van der Waals surface area contributed by atoms with E-state index in [1.807, 2.05) is 6.07 Å². The maximum atomic E-state index is 12.5. The summed E-state index contributed by atoms with van der Waals surface area (Å²) in [6.45, 7) is 0.348. The normalized spacial score (nSPS) is 11.7. The zero-order valence-corrected chi connectivity index (χ0v) is 12.5. The van der Waals surface area contributed by atoms with E-state index in [2.05, 4.69) is 13.5 Å². The van der Waals surface area contributed by atoms with Crippen LogP contribution in [0.25, 0.3) is 11.0 Å². The molecule has 0 saturated carbocycles. The Morgan fingerprint density at radius 2 is 1.95 bits per heavy atom. The van der Waals surface area contributed by atoms with Gasteiger partial charge in [-0.15, -0.1) is 0 Å². The first kappa shape index (κ1) is 13.9. The van der Waals surface area contributed by atoms with Crippen LogP contribution in [0.1, 0.15) is 5.56 Å². The Bertz CT molecular complexity index is 890. The molecule has 0 radical (unpaired) electrons. The molecule has 21 heavy (non-hydrogen) atoms. The molecular formula is C13H12N4O2S2. The first-order valence-corrected chi connectivity index (χ1v) is 8.34. The van der Waals surface area contributed by atoms with Crippen molar-refractivity contribution in [3.8, 4) is 0 Å². The number of benzene rings is 2. The van der Waals surface area contributed by atoms with Gasteiger partial charge in [0.15, 0.2) is 0 Å². The maximum Gasteiger partial charge on any atom is 0.264 e. The number of aromatic nitrogens is 2. The number of sulfonamides is 1. The minimum absolute atomic E-state index is 0.118. The second kappa shape index (κ2) is 5.40. The summed E-state index contributed by atoms with van der Waals surface area (Å²) in [5.41, 5.74) is 7.83. The van der Waals surface area contributed by atoms with Gasteiger partial charge < -0.3 is 5.73 Å². The number of hydrogen-bond acceptors (Lipinski definition) is 6. The Hall–Kier alpha value is -2.03. The maximum absolute atomic E-state index is 12.5. The van der Waals surface area contributed by atoms with Gasteiger partial charge in [0.05, 0.1) is 11.7 Å². The molecule has 108 valence electrons. The molecule has 0 atom stereocenters. The topological polar surface area (TPSA) is 98.0 Å². The van der Waals surface area contributed by atoms with Crippen molar-refractivity contribution in [3.63, 3.8) is 0 Å². The molecule has 3 aromatic rings. The lowest BCUT2D eigenvalue weighted by molar-refractivity contribution is 0.602. The molecule has 0 amide bonds. The van der Waals surface area contributed by atoms with Crippen molar-refractivity contribution in [2.24, 2.45) is 5.73 Å².